The van der Waals surface area contributed by atoms with E-state index in [0.29, 0.717) is 19.3 Å². The van der Waals surface area contributed by atoms with Crippen molar-refractivity contribution >= 4 is 17.9 Å². The van der Waals surface area contributed by atoms with E-state index in [4.69, 9.17) is 10.2 Å². The largest absolute Gasteiger partial charge is 0.550 e. The first-order valence-electron chi connectivity index (χ1n) is 16.4. The van der Waals surface area contributed by atoms with Gasteiger partial charge in [-0.25, -0.2) is 0 Å². The Morgan fingerprint density at radius 2 is 0.950 bits per heavy atom. The number of hydrogen-bond donors (Lipinski definition) is 2. The van der Waals surface area contributed by atoms with Crippen molar-refractivity contribution in [1.82, 2.24) is 0 Å². The second kappa shape index (κ2) is 27.3. The lowest BCUT2D eigenvalue weighted by Gasteiger charge is -2.38. The molecule has 0 bridgehead atoms. The van der Waals surface area contributed by atoms with Gasteiger partial charge < -0.3 is 24.6 Å². The minimum absolute atomic E-state index is 0.0485. The lowest BCUT2D eigenvalue weighted by Crippen LogP contribution is -2.50. The second-order valence-electron chi connectivity index (χ2n) is 11.7. The molecule has 40 heavy (non-hydrogen) atoms. The Balaban J connectivity index is 4.52. The van der Waals surface area contributed by atoms with E-state index >= 15 is 0 Å². The fourth-order valence-electron chi connectivity index (χ4n) is 5.47. The number of rotatable bonds is 31. The maximum absolute atomic E-state index is 11.0. The third-order valence-electron chi connectivity index (χ3n) is 7.94. The second-order valence-corrected chi connectivity index (χ2v) is 11.7. The lowest BCUT2D eigenvalue weighted by atomic mass is 10.0. The van der Waals surface area contributed by atoms with Gasteiger partial charge in [-0.1, -0.05) is 90.0 Å². The van der Waals surface area contributed by atoms with Gasteiger partial charge in [0.05, 0.1) is 26.2 Å². The maximum Gasteiger partial charge on any atom is 0.303 e. The normalized spacial score (nSPS) is 11.8. The van der Waals surface area contributed by atoms with Crippen LogP contribution in [0.2, 0.25) is 0 Å². The van der Waals surface area contributed by atoms with Crippen molar-refractivity contribution in [2.24, 2.45) is 0 Å². The van der Waals surface area contributed by atoms with Crippen LogP contribution in [0.5, 0.6) is 0 Å². The van der Waals surface area contributed by atoms with E-state index in [2.05, 4.69) is 19.1 Å². The number of aliphatic carboxylic acids is 3. The molecule has 2 N–H and O–H groups in total. The van der Waals surface area contributed by atoms with Crippen molar-refractivity contribution in [3.8, 4) is 0 Å². The summed E-state index contributed by atoms with van der Waals surface area (Å²) in [6.45, 7) is 5.56. The van der Waals surface area contributed by atoms with Crippen molar-refractivity contribution in [3.63, 3.8) is 0 Å². The zero-order valence-corrected chi connectivity index (χ0v) is 25.7. The summed E-state index contributed by atoms with van der Waals surface area (Å²) in [4.78, 5) is 32.8. The van der Waals surface area contributed by atoms with Gasteiger partial charge in [0.1, 0.15) is 0 Å². The Kier molecular flexibility index (Phi) is 26.0. The van der Waals surface area contributed by atoms with Crippen LogP contribution in [0.4, 0.5) is 0 Å². The van der Waals surface area contributed by atoms with Crippen molar-refractivity contribution in [2.45, 2.75) is 155 Å². The van der Waals surface area contributed by atoms with Crippen molar-refractivity contribution in [1.29, 1.82) is 0 Å². The Hall–Kier alpha value is -1.89. The van der Waals surface area contributed by atoms with Gasteiger partial charge in [-0.15, -0.1) is 0 Å². The molecule has 234 valence electrons. The monoisotopic (exact) mass is 567 g/mol. The van der Waals surface area contributed by atoms with Gasteiger partial charge in [-0.3, -0.25) is 9.59 Å². The maximum atomic E-state index is 11.0. The highest BCUT2D eigenvalue weighted by Crippen LogP contribution is 2.18. The number of hydrogen-bond acceptors (Lipinski definition) is 4. The summed E-state index contributed by atoms with van der Waals surface area (Å²) in [6, 6.07) is 0. The van der Waals surface area contributed by atoms with Gasteiger partial charge in [-0.05, 0) is 63.9 Å². The van der Waals surface area contributed by atoms with Crippen molar-refractivity contribution in [3.05, 3.63) is 12.2 Å². The van der Waals surface area contributed by atoms with Crippen molar-refractivity contribution < 1.29 is 34.2 Å². The summed E-state index contributed by atoms with van der Waals surface area (Å²) in [7, 11) is 0. The molecule has 0 atom stereocenters. The summed E-state index contributed by atoms with van der Waals surface area (Å²) < 4.78 is 0.765. The summed E-state index contributed by atoms with van der Waals surface area (Å²) in [5.41, 5.74) is 0. The number of unbranched alkanes of at least 4 members (excludes halogenated alkanes) is 16. The van der Waals surface area contributed by atoms with Crippen LogP contribution < -0.4 is 5.11 Å². The van der Waals surface area contributed by atoms with E-state index in [1.54, 1.807) is 0 Å². The van der Waals surface area contributed by atoms with Crippen LogP contribution in [0.15, 0.2) is 12.2 Å². The minimum atomic E-state index is -1.03. The zero-order chi connectivity index (χ0) is 29.7. The highest BCUT2D eigenvalue weighted by molar-refractivity contribution is 5.66. The molecule has 0 rings (SSSR count). The Labute approximate surface area is 245 Å². The van der Waals surface area contributed by atoms with Crippen LogP contribution in [0, 0.1) is 0 Å². The van der Waals surface area contributed by atoms with Gasteiger partial charge in [0, 0.05) is 18.8 Å². The Morgan fingerprint density at radius 3 is 1.35 bits per heavy atom. The molecule has 7 heteroatoms. The van der Waals surface area contributed by atoms with Crippen LogP contribution >= 0.6 is 0 Å². The molecule has 0 aromatic carbocycles. The summed E-state index contributed by atoms with van der Waals surface area (Å²) in [5, 5.41) is 28.9. The average Bonchev–Trinajstić information content (AvgIpc) is 2.91. The topological polar surface area (TPSA) is 115 Å². The third kappa shape index (κ3) is 26.3. The highest BCUT2D eigenvalue weighted by atomic mass is 16.4. The first kappa shape index (κ1) is 38.1. The number of carboxylic acids is 3. The van der Waals surface area contributed by atoms with Gasteiger partial charge >= 0.3 is 11.9 Å². The van der Waals surface area contributed by atoms with E-state index in [0.717, 1.165) is 56.3 Å². The molecule has 0 spiro atoms. The standard InChI is InChI=1S/C33H61NO6/c1-2-3-4-5-6-7-8-9-10-11-12-13-14-15-16-20-27-34(28-21-17-24-31(35)36,29-22-18-25-32(37)38)30-23-19-26-33(39)40/h16,20H,2-15,17-19,21-30H2,1H3,(H2-,35,36,37,38,39,40)/b20-16+. The summed E-state index contributed by atoms with van der Waals surface area (Å²) >= 11 is 0. The predicted molar refractivity (Wildman–Crippen MR) is 161 cm³/mol. The van der Waals surface area contributed by atoms with Gasteiger partial charge in [-0.2, -0.15) is 0 Å². The Morgan fingerprint density at radius 1 is 0.550 bits per heavy atom. The Bertz CT molecular complexity index is 608. The van der Waals surface area contributed by atoms with E-state index in [9.17, 15) is 19.5 Å². The third-order valence-corrected chi connectivity index (χ3v) is 7.94. The molecule has 0 aromatic heterocycles. The average molecular weight is 568 g/mol. The van der Waals surface area contributed by atoms with E-state index in [1.807, 2.05) is 0 Å². The first-order chi connectivity index (χ1) is 19.3. The SMILES string of the molecule is CCCCCCCCCCCCCCC/C=C/C[N+](CCCCC(=O)[O-])(CCCCC(=O)O)CCCCC(=O)O. The van der Waals surface area contributed by atoms with Crippen LogP contribution in [-0.2, 0) is 14.4 Å². The number of quaternary nitrogens is 1. The molecule has 0 unspecified atom stereocenters. The molecule has 0 aliphatic heterocycles. The van der Waals surface area contributed by atoms with E-state index in [-0.39, 0.29) is 19.3 Å². The first-order valence-corrected chi connectivity index (χ1v) is 16.4. The smallest absolute Gasteiger partial charge is 0.303 e. The van der Waals surface area contributed by atoms with Gasteiger partial charge in [0.25, 0.3) is 0 Å². The van der Waals surface area contributed by atoms with Crippen LogP contribution in [0.3, 0.4) is 0 Å². The molecule has 0 saturated carbocycles. The lowest BCUT2D eigenvalue weighted by molar-refractivity contribution is -0.923. The quantitative estimate of drug-likeness (QED) is 0.0517. The molecule has 0 aliphatic rings. The molecule has 0 radical (unpaired) electrons. The zero-order valence-electron chi connectivity index (χ0n) is 25.7. The fraction of sp³-hybridized carbons (Fsp3) is 0.848. The highest BCUT2D eigenvalue weighted by Gasteiger charge is 2.25. The van der Waals surface area contributed by atoms with Crippen molar-refractivity contribution in [2.75, 3.05) is 26.2 Å². The molecule has 0 fully saturated rings. The van der Waals surface area contributed by atoms with E-state index in [1.165, 1.54) is 83.5 Å². The molecule has 0 aromatic rings. The molecular weight excluding hydrogens is 506 g/mol. The van der Waals surface area contributed by atoms with Gasteiger partial charge in [0.15, 0.2) is 0 Å². The van der Waals surface area contributed by atoms with Gasteiger partial charge in [0.2, 0.25) is 0 Å². The molecule has 0 aliphatic carbocycles. The molecular formula is C33H61NO6. The van der Waals surface area contributed by atoms with Crippen LogP contribution in [0.1, 0.15) is 155 Å². The fourth-order valence-corrected chi connectivity index (χ4v) is 5.47. The van der Waals surface area contributed by atoms with Crippen LogP contribution in [-0.4, -0.2) is 58.8 Å². The summed E-state index contributed by atoms with van der Waals surface area (Å²) in [5.74, 6) is -2.60. The summed E-state index contributed by atoms with van der Waals surface area (Å²) in [6.07, 6.45) is 27.5. The molecule has 0 saturated heterocycles. The predicted octanol–water partition coefficient (Wildman–Crippen LogP) is 7.27. The number of nitrogens with zero attached hydrogens (tertiary/aromatic N) is 1. The molecule has 7 nitrogen and oxygen atoms in total. The number of carbonyl (C=O) groups is 3. The number of carboxylic acid groups (broad SMARTS) is 3. The number of carbonyl (C=O) groups excluding carboxylic acids is 1. The van der Waals surface area contributed by atoms with E-state index < -0.39 is 17.9 Å². The molecule has 0 amide bonds. The minimum Gasteiger partial charge on any atom is -0.550 e. The van der Waals surface area contributed by atoms with Crippen LogP contribution in [0.25, 0.3) is 0 Å². The number of allylic oxidation sites excluding steroid dienone is 1. The molecule has 0 heterocycles.